The summed E-state index contributed by atoms with van der Waals surface area (Å²) in [6.07, 6.45) is 2.87. The van der Waals surface area contributed by atoms with Crippen molar-refractivity contribution in [3.05, 3.63) is 107 Å². The van der Waals surface area contributed by atoms with Gasteiger partial charge in [-0.05, 0) is 66.8 Å². The molecule has 0 aromatic heterocycles. The molecule has 2 aliphatic carbocycles. The number of carbonyl (C=O) groups is 1. The number of rotatable bonds is 7. The number of hydrogen-bond acceptors (Lipinski definition) is 6. The summed E-state index contributed by atoms with van der Waals surface area (Å²) in [6, 6.07) is 18.4. The molecule has 2 heterocycles. The summed E-state index contributed by atoms with van der Waals surface area (Å²) in [5.41, 5.74) is 1.25. The smallest absolute Gasteiger partial charge is 0.504 e. The van der Waals surface area contributed by atoms with Crippen LogP contribution in [0.3, 0.4) is 0 Å². The molecule has 1 fully saturated rings. The summed E-state index contributed by atoms with van der Waals surface area (Å²) in [6.45, 7) is 1.48. The number of alkyl halides is 3. The van der Waals surface area contributed by atoms with Gasteiger partial charge in [-0.15, -0.1) is 13.2 Å². The molecule has 45 heavy (non-hydrogen) atoms. The molecule has 2 aliphatic heterocycles. The van der Waals surface area contributed by atoms with Crippen molar-refractivity contribution >= 4 is 12.0 Å². The van der Waals surface area contributed by atoms with E-state index in [0.29, 0.717) is 30.7 Å². The van der Waals surface area contributed by atoms with Crippen LogP contribution in [0.1, 0.15) is 28.7 Å². The van der Waals surface area contributed by atoms with E-state index >= 15 is 0 Å². The van der Waals surface area contributed by atoms with Crippen molar-refractivity contribution in [3.63, 3.8) is 0 Å². The molecule has 7 rings (SSSR count). The molecule has 2 bridgehead atoms. The van der Waals surface area contributed by atoms with Crippen molar-refractivity contribution in [3.8, 4) is 17.2 Å². The molecule has 2 N–H and O–H groups in total. The second kappa shape index (κ2) is 10.7. The Kier molecular flexibility index (Phi) is 6.98. The van der Waals surface area contributed by atoms with Crippen molar-refractivity contribution < 1.29 is 37.7 Å². The lowest BCUT2D eigenvalue weighted by molar-refractivity contribution is -0.274. The minimum absolute atomic E-state index is 0.00147. The Morgan fingerprint density at radius 1 is 1.16 bits per heavy atom. The molecule has 7 nitrogen and oxygen atoms in total. The first kappa shape index (κ1) is 29.4. The van der Waals surface area contributed by atoms with Gasteiger partial charge in [0, 0.05) is 31.3 Å². The van der Waals surface area contributed by atoms with E-state index in [9.17, 15) is 28.2 Å². The Morgan fingerprint density at radius 2 is 1.96 bits per heavy atom. The topological polar surface area (TPSA) is 82.5 Å². The zero-order chi connectivity index (χ0) is 31.6. The predicted molar refractivity (Wildman–Crippen MR) is 161 cm³/mol. The number of nitrogens with zero attached hydrogens (tertiary/aromatic N) is 2. The number of piperidine rings is 1. The number of aliphatic hydroxyl groups is 1. The lowest BCUT2D eigenvalue weighted by Crippen LogP contribution is -2.76. The highest BCUT2D eigenvalue weighted by atomic mass is 19.4. The average Bonchev–Trinajstić information content (AvgIpc) is 3.36. The molecule has 3 aromatic carbocycles. The van der Waals surface area contributed by atoms with Crippen LogP contribution in [-0.2, 0) is 23.1 Å². The number of aromatic hydroxyl groups is 1. The first-order chi connectivity index (χ1) is 21.5. The van der Waals surface area contributed by atoms with Gasteiger partial charge < -0.3 is 24.6 Å². The Balaban J connectivity index is 1.19. The third-order valence-corrected chi connectivity index (χ3v) is 9.96. The summed E-state index contributed by atoms with van der Waals surface area (Å²) in [7, 11) is 1.63. The minimum Gasteiger partial charge on any atom is -0.504 e. The van der Waals surface area contributed by atoms with Crippen molar-refractivity contribution in [2.45, 2.75) is 54.8 Å². The molecule has 0 saturated carbocycles. The second-order valence-corrected chi connectivity index (χ2v) is 12.3. The minimum atomic E-state index is -4.82. The Hall–Kier alpha value is -4.28. The molecule has 1 amide bonds. The van der Waals surface area contributed by atoms with Gasteiger partial charge in [0.15, 0.2) is 11.5 Å². The fourth-order valence-corrected chi connectivity index (χ4v) is 7.93. The molecule has 10 heteroatoms. The maximum absolute atomic E-state index is 13.5. The van der Waals surface area contributed by atoms with Crippen LogP contribution in [0.4, 0.5) is 13.2 Å². The number of phenolic OH excluding ortho intramolecular Hbond substituents is 1. The number of likely N-dealkylation sites (N-methyl/N-ethyl adjacent to an activating group) is 1. The van der Waals surface area contributed by atoms with Gasteiger partial charge in [0.2, 0.25) is 5.91 Å². The quantitative estimate of drug-likeness (QED) is 0.287. The van der Waals surface area contributed by atoms with E-state index in [2.05, 4.69) is 21.8 Å². The number of carbonyl (C=O) groups excluding carboxylic acids is 1. The van der Waals surface area contributed by atoms with Crippen LogP contribution >= 0.6 is 0 Å². The number of phenols is 1. The average molecular weight is 619 g/mol. The molecular formula is C35H33F3N2O5. The van der Waals surface area contributed by atoms with Crippen LogP contribution in [0.5, 0.6) is 17.2 Å². The van der Waals surface area contributed by atoms with Gasteiger partial charge in [-0.2, -0.15) is 0 Å². The summed E-state index contributed by atoms with van der Waals surface area (Å²) >= 11 is 0. The molecule has 5 atom stereocenters. The van der Waals surface area contributed by atoms with E-state index in [-0.39, 0.29) is 17.5 Å². The van der Waals surface area contributed by atoms with Gasteiger partial charge in [0.1, 0.15) is 17.5 Å². The van der Waals surface area contributed by atoms with Crippen molar-refractivity contribution in [1.82, 2.24) is 9.80 Å². The third kappa shape index (κ3) is 4.78. The lowest BCUT2D eigenvalue weighted by atomic mass is 9.50. The first-order valence-corrected chi connectivity index (χ1v) is 15.0. The van der Waals surface area contributed by atoms with Gasteiger partial charge in [-0.25, -0.2) is 0 Å². The predicted octanol–water partition coefficient (Wildman–Crippen LogP) is 5.00. The fraction of sp³-hybridized carbons (Fsp3) is 0.343. The van der Waals surface area contributed by atoms with Crippen molar-refractivity contribution in [2.24, 2.45) is 0 Å². The second-order valence-electron chi connectivity index (χ2n) is 12.3. The first-order valence-electron chi connectivity index (χ1n) is 15.0. The monoisotopic (exact) mass is 618 g/mol. The highest BCUT2D eigenvalue weighted by Crippen LogP contribution is 2.64. The van der Waals surface area contributed by atoms with E-state index in [1.807, 2.05) is 36.4 Å². The lowest BCUT2D eigenvalue weighted by Gasteiger charge is -2.62. The third-order valence-electron chi connectivity index (χ3n) is 9.96. The van der Waals surface area contributed by atoms with Crippen LogP contribution in [0.25, 0.3) is 6.08 Å². The van der Waals surface area contributed by atoms with E-state index in [1.54, 1.807) is 19.2 Å². The summed E-state index contributed by atoms with van der Waals surface area (Å²) in [4.78, 5) is 17.3. The van der Waals surface area contributed by atoms with Crippen molar-refractivity contribution in [1.29, 1.82) is 0 Å². The number of ether oxygens (including phenoxy) is 2. The highest BCUT2D eigenvalue weighted by Gasteiger charge is 2.72. The van der Waals surface area contributed by atoms with Crippen molar-refractivity contribution in [2.75, 3.05) is 20.1 Å². The molecule has 234 valence electrons. The van der Waals surface area contributed by atoms with Gasteiger partial charge in [-0.1, -0.05) is 60.7 Å². The van der Waals surface area contributed by atoms with Gasteiger partial charge >= 0.3 is 6.36 Å². The number of amides is 1. The fourth-order valence-electron chi connectivity index (χ4n) is 7.93. The van der Waals surface area contributed by atoms with Gasteiger partial charge in [0.25, 0.3) is 0 Å². The largest absolute Gasteiger partial charge is 0.573 e. The Labute approximate surface area is 258 Å². The Morgan fingerprint density at radius 3 is 2.73 bits per heavy atom. The molecule has 1 spiro atoms. The van der Waals surface area contributed by atoms with E-state index in [4.69, 9.17) is 4.74 Å². The molecule has 4 aliphatic rings. The maximum atomic E-state index is 13.5. The zero-order valence-electron chi connectivity index (χ0n) is 24.6. The standard InChI is InChI=1S/C35H33F3N2O5/c1-39(29(42)13-10-23-8-5-9-25(20-23)45-35(36,37)38)26-14-16-34(43)28-21-24-11-12-27(41)31-30(24)33(34,32(26)44-31)17-19-40(28)18-15-22-6-3-2-4-7-22/h2-14,16,20,26,28,32,41,43H,15,17-19,21H2,1H3/t26-,28+,32-,33-,34+/m0/s1. The highest BCUT2D eigenvalue weighted by molar-refractivity contribution is 5.92. The number of hydrogen-bond donors (Lipinski definition) is 2. The Bertz CT molecular complexity index is 1690. The number of benzene rings is 3. The molecule has 0 radical (unpaired) electrons. The zero-order valence-corrected chi connectivity index (χ0v) is 24.6. The molecule has 1 saturated heterocycles. The summed E-state index contributed by atoms with van der Waals surface area (Å²) < 4.78 is 48.6. The van der Waals surface area contributed by atoms with Gasteiger partial charge in [0.05, 0.1) is 11.5 Å². The normalized spacial score (nSPS) is 28.1. The number of halogens is 3. The molecule has 0 unspecified atom stereocenters. The maximum Gasteiger partial charge on any atom is 0.573 e. The van der Waals surface area contributed by atoms with Crippen LogP contribution in [0.15, 0.2) is 85.0 Å². The van der Waals surface area contributed by atoms with Crippen LogP contribution in [0, 0.1) is 0 Å². The summed E-state index contributed by atoms with van der Waals surface area (Å²) in [5.74, 6) is -0.420. The van der Waals surface area contributed by atoms with Crippen LogP contribution < -0.4 is 9.47 Å². The van der Waals surface area contributed by atoms with E-state index in [1.165, 1.54) is 40.8 Å². The van der Waals surface area contributed by atoms with E-state index < -0.39 is 35.4 Å². The summed E-state index contributed by atoms with van der Waals surface area (Å²) in [5, 5.41) is 23.5. The van der Waals surface area contributed by atoms with Crippen LogP contribution in [0.2, 0.25) is 0 Å². The molecular weight excluding hydrogens is 585 g/mol. The molecule has 3 aromatic rings. The van der Waals surface area contributed by atoms with Crippen LogP contribution in [-0.4, -0.2) is 76.2 Å². The SMILES string of the molecule is CN(C(=O)C=Cc1cccc(OC(F)(F)F)c1)[C@H]1C=C[C@@]2(O)[C@H]3Cc4ccc(O)c5c4[C@@]2(CCN3CCc2ccccc2)[C@H]1O5. The van der Waals surface area contributed by atoms with Gasteiger partial charge in [-0.3, -0.25) is 9.69 Å². The van der Waals surface area contributed by atoms with E-state index in [0.717, 1.165) is 24.1 Å². The number of likely N-dealkylation sites (tertiary alicyclic amines) is 1.